The molecular formula is C17H27N3O3S. The van der Waals surface area contributed by atoms with E-state index in [2.05, 4.69) is 10.6 Å². The van der Waals surface area contributed by atoms with Gasteiger partial charge in [-0.05, 0) is 38.8 Å². The molecule has 24 heavy (non-hydrogen) atoms. The Morgan fingerprint density at radius 2 is 1.92 bits per heavy atom. The smallest absolute Gasteiger partial charge is 0.215 e. The summed E-state index contributed by atoms with van der Waals surface area (Å²) in [5.41, 5.74) is 0.820. The van der Waals surface area contributed by atoms with E-state index in [1.165, 1.54) is 5.56 Å². The first kappa shape index (κ1) is 17.7. The van der Waals surface area contributed by atoms with Crippen molar-refractivity contribution in [3.8, 4) is 5.75 Å². The molecule has 0 aromatic heterocycles. The summed E-state index contributed by atoms with van der Waals surface area (Å²) < 4.78 is 32.9. The molecule has 1 atom stereocenters. The van der Waals surface area contributed by atoms with Crippen LogP contribution in [0.2, 0.25) is 0 Å². The second-order valence-electron chi connectivity index (χ2n) is 7.13. The van der Waals surface area contributed by atoms with Crippen LogP contribution in [0.25, 0.3) is 0 Å². The van der Waals surface area contributed by atoms with Crippen molar-refractivity contribution < 1.29 is 13.2 Å². The summed E-state index contributed by atoms with van der Waals surface area (Å²) in [6, 6.07) is 7.99. The van der Waals surface area contributed by atoms with Crippen LogP contribution in [-0.4, -0.2) is 56.4 Å². The van der Waals surface area contributed by atoms with Crippen molar-refractivity contribution in [3.05, 3.63) is 29.8 Å². The number of aryl methyl sites for hydroxylation is 1. The molecule has 2 fully saturated rings. The highest BCUT2D eigenvalue weighted by Crippen LogP contribution is 2.22. The van der Waals surface area contributed by atoms with Gasteiger partial charge < -0.3 is 10.1 Å². The third-order valence-electron chi connectivity index (χ3n) is 4.77. The predicted molar refractivity (Wildman–Crippen MR) is 94.6 cm³/mol. The molecule has 0 amide bonds. The number of nitrogens with zero attached hydrogens (tertiary/aromatic N) is 1. The van der Waals surface area contributed by atoms with Crippen molar-refractivity contribution in [3.63, 3.8) is 0 Å². The van der Waals surface area contributed by atoms with Gasteiger partial charge in [-0.2, -0.15) is 0 Å². The zero-order chi connectivity index (χ0) is 17.2. The lowest BCUT2D eigenvalue weighted by atomic mass is 10.1. The van der Waals surface area contributed by atoms with E-state index in [-0.39, 0.29) is 17.4 Å². The minimum atomic E-state index is -3.25. The Kier molecular flexibility index (Phi) is 5.15. The van der Waals surface area contributed by atoms with E-state index >= 15 is 0 Å². The summed E-state index contributed by atoms with van der Waals surface area (Å²) >= 11 is 0. The van der Waals surface area contributed by atoms with Gasteiger partial charge in [0.25, 0.3) is 0 Å². The topological polar surface area (TPSA) is 70.7 Å². The van der Waals surface area contributed by atoms with Gasteiger partial charge in [0.15, 0.2) is 0 Å². The van der Waals surface area contributed by atoms with Gasteiger partial charge in [0.05, 0.1) is 5.75 Å². The van der Waals surface area contributed by atoms with E-state index in [0.717, 1.165) is 18.6 Å². The van der Waals surface area contributed by atoms with Crippen LogP contribution in [-0.2, 0) is 10.0 Å². The third kappa shape index (κ3) is 4.27. The molecule has 0 aliphatic carbocycles. The number of nitrogens with one attached hydrogen (secondary N) is 2. The molecule has 2 saturated heterocycles. The van der Waals surface area contributed by atoms with Crippen LogP contribution >= 0.6 is 0 Å². The largest absolute Gasteiger partial charge is 0.490 e. The standard InChI is InChI=1S/C17H27N3O3S/c1-14-3-5-15(6-4-14)23-16-7-9-20(10-8-16)24(21,22)12-17(2)11-18-13-19-17/h3-6,16,18-19H,7-13H2,1-2H3/t17-/m0/s1. The lowest BCUT2D eigenvalue weighted by Crippen LogP contribution is -2.51. The quantitative estimate of drug-likeness (QED) is 0.829. The summed E-state index contributed by atoms with van der Waals surface area (Å²) in [6.45, 7) is 6.41. The van der Waals surface area contributed by atoms with E-state index in [9.17, 15) is 8.42 Å². The zero-order valence-electron chi connectivity index (χ0n) is 14.4. The second kappa shape index (κ2) is 7.00. The summed E-state index contributed by atoms with van der Waals surface area (Å²) in [5, 5.41) is 6.40. The lowest BCUT2D eigenvalue weighted by Gasteiger charge is -2.34. The normalized spacial score (nSPS) is 26.6. The lowest BCUT2D eigenvalue weighted by molar-refractivity contribution is 0.135. The van der Waals surface area contributed by atoms with Crippen molar-refractivity contribution in [2.75, 3.05) is 32.1 Å². The number of piperidine rings is 1. The molecule has 1 aromatic carbocycles. The van der Waals surface area contributed by atoms with Crippen molar-refractivity contribution >= 4 is 10.0 Å². The van der Waals surface area contributed by atoms with Crippen molar-refractivity contribution in [1.29, 1.82) is 0 Å². The van der Waals surface area contributed by atoms with E-state index < -0.39 is 10.0 Å². The fraction of sp³-hybridized carbons (Fsp3) is 0.647. The van der Waals surface area contributed by atoms with E-state index in [1.54, 1.807) is 4.31 Å². The maximum Gasteiger partial charge on any atom is 0.215 e. The minimum Gasteiger partial charge on any atom is -0.490 e. The number of rotatable bonds is 5. The number of hydrogen-bond donors (Lipinski definition) is 2. The zero-order valence-corrected chi connectivity index (χ0v) is 15.2. The fourth-order valence-corrected chi connectivity index (χ4v) is 5.27. The van der Waals surface area contributed by atoms with Gasteiger partial charge in [-0.1, -0.05) is 17.7 Å². The molecule has 2 N–H and O–H groups in total. The van der Waals surface area contributed by atoms with Crippen LogP contribution in [0.15, 0.2) is 24.3 Å². The fourth-order valence-electron chi connectivity index (χ4n) is 3.31. The van der Waals surface area contributed by atoms with Crippen LogP contribution in [0.4, 0.5) is 0 Å². The van der Waals surface area contributed by atoms with E-state index in [1.807, 2.05) is 38.1 Å². The Labute approximate surface area is 144 Å². The van der Waals surface area contributed by atoms with Gasteiger partial charge in [0, 0.05) is 31.8 Å². The molecule has 2 aliphatic heterocycles. The van der Waals surface area contributed by atoms with Gasteiger partial charge in [0.2, 0.25) is 10.0 Å². The first-order chi connectivity index (χ1) is 11.4. The van der Waals surface area contributed by atoms with Gasteiger partial charge in [-0.3, -0.25) is 5.32 Å². The maximum absolute atomic E-state index is 12.7. The van der Waals surface area contributed by atoms with E-state index in [0.29, 0.717) is 26.3 Å². The first-order valence-corrected chi connectivity index (χ1v) is 10.1. The van der Waals surface area contributed by atoms with Gasteiger partial charge in [0.1, 0.15) is 11.9 Å². The Balaban J connectivity index is 1.53. The van der Waals surface area contributed by atoms with Crippen LogP contribution in [0.3, 0.4) is 0 Å². The summed E-state index contributed by atoms with van der Waals surface area (Å²) in [6.07, 6.45) is 1.55. The molecule has 134 valence electrons. The molecule has 0 radical (unpaired) electrons. The first-order valence-electron chi connectivity index (χ1n) is 8.53. The van der Waals surface area contributed by atoms with Crippen LogP contribution < -0.4 is 15.4 Å². The molecular weight excluding hydrogens is 326 g/mol. The Morgan fingerprint density at radius 3 is 2.50 bits per heavy atom. The van der Waals surface area contributed by atoms with Gasteiger partial charge in [-0.15, -0.1) is 0 Å². The molecule has 2 heterocycles. The summed E-state index contributed by atoms with van der Waals surface area (Å²) in [5.74, 6) is 0.992. The molecule has 7 heteroatoms. The van der Waals surface area contributed by atoms with Crippen LogP contribution in [0, 0.1) is 6.92 Å². The average Bonchev–Trinajstić information content (AvgIpc) is 2.95. The SMILES string of the molecule is Cc1ccc(OC2CCN(S(=O)(=O)C[C@]3(C)CNCN3)CC2)cc1. The monoisotopic (exact) mass is 353 g/mol. The molecule has 0 bridgehead atoms. The predicted octanol–water partition coefficient (Wildman–Crippen LogP) is 1.08. The molecule has 6 nitrogen and oxygen atoms in total. The van der Waals surface area contributed by atoms with Crippen LogP contribution in [0.1, 0.15) is 25.3 Å². The number of hydrogen-bond acceptors (Lipinski definition) is 5. The molecule has 0 unspecified atom stereocenters. The van der Waals surface area contributed by atoms with Crippen molar-refractivity contribution in [2.24, 2.45) is 0 Å². The molecule has 1 aromatic rings. The van der Waals surface area contributed by atoms with Crippen molar-refractivity contribution in [2.45, 2.75) is 38.3 Å². The van der Waals surface area contributed by atoms with Crippen molar-refractivity contribution in [1.82, 2.24) is 14.9 Å². The van der Waals surface area contributed by atoms with Gasteiger partial charge >= 0.3 is 0 Å². The average molecular weight is 353 g/mol. The Hall–Kier alpha value is -1.15. The highest BCUT2D eigenvalue weighted by Gasteiger charge is 2.37. The number of benzene rings is 1. The third-order valence-corrected chi connectivity index (χ3v) is 6.93. The Morgan fingerprint density at radius 1 is 1.25 bits per heavy atom. The van der Waals surface area contributed by atoms with E-state index in [4.69, 9.17) is 4.74 Å². The molecule has 2 aliphatic rings. The van der Waals surface area contributed by atoms with Crippen LogP contribution in [0.5, 0.6) is 5.75 Å². The minimum absolute atomic E-state index is 0.0843. The summed E-state index contributed by atoms with van der Waals surface area (Å²) in [4.78, 5) is 0. The Bertz CT molecular complexity index is 646. The molecule has 3 rings (SSSR count). The summed E-state index contributed by atoms with van der Waals surface area (Å²) in [7, 11) is -3.25. The van der Waals surface area contributed by atoms with Gasteiger partial charge in [-0.25, -0.2) is 12.7 Å². The highest BCUT2D eigenvalue weighted by molar-refractivity contribution is 7.89. The second-order valence-corrected chi connectivity index (χ2v) is 9.10. The molecule has 0 saturated carbocycles. The maximum atomic E-state index is 12.7. The molecule has 0 spiro atoms. The number of sulfonamides is 1. The number of ether oxygens (including phenoxy) is 1. The highest BCUT2D eigenvalue weighted by atomic mass is 32.2.